The molecule has 0 bridgehead atoms. The number of halogens is 1. The van der Waals surface area contributed by atoms with E-state index in [1.807, 2.05) is 41.8 Å². The topological polar surface area (TPSA) is 42.3 Å². The van der Waals surface area contributed by atoms with E-state index in [0.29, 0.717) is 17.0 Å². The Bertz CT molecular complexity index is 1220. The molecule has 2 amide bonds. The number of carbonyl (C=O) groups excluding carboxylic acids is 2. The van der Waals surface area contributed by atoms with E-state index >= 15 is 0 Å². The van der Waals surface area contributed by atoms with Crippen molar-refractivity contribution in [3.05, 3.63) is 76.1 Å². The summed E-state index contributed by atoms with van der Waals surface area (Å²) < 4.78 is 16.2. The lowest BCUT2D eigenvalue weighted by atomic mass is 10.1. The number of aromatic nitrogens is 1. The van der Waals surface area contributed by atoms with Gasteiger partial charge in [0.25, 0.3) is 11.1 Å². The number of imide groups is 1. The van der Waals surface area contributed by atoms with Gasteiger partial charge in [-0.15, -0.1) is 6.42 Å². The maximum atomic E-state index is 14.2. The van der Waals surface area contributed by atoms with Crippen LogP contribution in [0.25, 0.3) is 17.0 Å². The Hall–Kier alpha value is -3.30. The first kappa shape index (κ1) is 19.0. The van der Waals surface area contributed by atoms with Crippen LogP contribution in [0.1, 0.15) is 16.8 Å². The van der Waals surface area contributed by atoms with Crippen LogP contribution in [0.3, 0.4) is 0 Å². The Morgan fingerprint density at radius 2 is 1.86 bits per heavy atom. The summed E-state index contributed by atoms with van der Waals surface area (Å²) in [4.78, 5) is 26.1. The molecule has 2 aromatic carbocycles. The summed E-state index contributed by atoms with van der Waals surface area (Å²) in [6.07, 6.45) is 6.99. The lowest BCUT2D eigenvalue weighted by molar-refractivity contribution is -0.122. The number of nitrogens with zero attached hydrogens (tertiary/aromatic N) is 2. The minimum absolute atomic E-state index is 0.0456. The number of hydrogen-bond donors (Lipinski definition) is 0. The summed E-state index contributed by atoms with van der Waals surface area (Å²) in [5, 5.41) is 0.567. The van der Waals surface area contributed by atoms with Crippen molar-refractivity contribution in [1.82, 2.24) is 9.47 Å². The Kier molecular flexibility index (Phi) is 4.99. The number of carbonyl (C=O) groups is 2. The van der Waals surface area contributed by atoms with Crippen LogP contribution < -0.4 is 0 Å². The van der Waals surface area contributed by atoms with E-state index in [9.17, 15) is 14.0 Å². The fourth-order valence-electron chi connectivity index (χ4n) is 3.50. The number of thioether (sulfide) groups is 1. The van der Waals surface area contributed by atoms with E-state index in [-0.39, 0.29) is 23.5 Å². The highest BCUT2D eigenvalue weighted by atomic mass is 32.2. The Morgan fingerprint density at radius 1 is 1.14 bits per heavy atom. The number of hydrogen-bond acceptors (Lipinski definition) is 3. The van der Waals surface area contributed by atoms with Crippen LogP contribution in [0.4, 0.5) is 9.18 Å². The molecule has 0 atom stereocenters. The summed E-state index contributed by atoms with van der Waals surface area (Å²) in [5.74, 6) is 1.69. The highest BCUT2D eigenvalue weighted by Crippen LogP contribution is 2.35. The number of amides is 2. The maximum absolute atomic E-state index is 14.2. The number of terminal acetylenes is 1. The monoisotopic (exact) mass is 404 g/mol. The Labute approximate surface area is 172 Å². The zero-order chi connectivity index (χ0) is 20.5. The molecule has 1 fully saturated rings. The van der Waals surface area contributed by atoms with Gasteiger partial charge in [-0.25, -0.2) is 4.39 Å². The van der Waals surface area contributed by atoms with Crippen molar-refractivity contribution in [3.8, 4) is 12.3 Å². The van der Waals surface area contributed by atoms with E-state index < -0.39 is 0 Å². The van der Waals surface area contributed by atoms with Gasteiger partial charge in [-0.05, 0) is 36.9 Å². The molecule has 29 heavy (non-hydrogen) atoms. The van der Waals surface area contributed by atoms with Gasteiger partial charge in [-0.1, -0.05) is 42.3 Å². The zero-order valence-corrected chi connectivity index (χ0v) is 16.5. The van der Waals surface area contributed by atoms with Gasteiger partial charge in [0.05, 0.1) is 18.0 Å². The van der Waals surface area contributed by atoms with Gasteiger partial charge in [0.15, 0.2) is 0 Å². The second-order valence-electron chi connectivity index (χ2n) is 6.67. The molecule has 0 aliphatic carbocycles. The van der Waals surface area contributed by atoms with Gasteiger partial charge in [0.1, 0.15) is 5.82 Å². The van der Waals surface area contributed by atoms with E-state index in [4.69, 9.17) is 6.42 Å². The van der Waals surface area contributed by atoms with Crippen LogP contribution in [-0.4, -0.2) is 27.2 Å². The lowest BCUT2D eigenvalue weighted by Crippen LogP contribution is -2.28. The van der Waals surface area contributed by atoms with Crippen molar-refractivity contribution >= 4 is 39.9 Å². The molecule has 2 heterocycles. The number of fused-ring (bicyclic) bond motifs is 1. The largest absolute Gasteiger partial charge is 0.340 e. The van der Waals surface area contributed by atoms with Gasteiger partial charge in [0.2, 0.25) is 0 Å². The van der Waals surface area contributed by atoms with Crippen LogP contribution in [0, 0.1) is 25.1 Å². The zero-order valence-electron chi connectivity index (χ0n) is 15.7. The highest BCUT2D eigenvalue weighted by Gasteiger charge is 2.34. The molecule has 4 nitrogen and oxygen atoms in total. The summed E-state index contributed by atoms with van der Waals surface area (Å²) in [7, 11) is 0. The van der Waals surface area contributed by atoms with Crippen molar-refractivity contribution in [2.45, 2.75) is 13.5 Å². The quantitative estimate of drug-likeness (QED) is 0.463. The molecule has 0 unspecified atom stereocenters. The fourth-order valence-corrected chi connectivity index (χ4v) is 4.32. The van der Waals surface area contributed by atoms with Crippen molar-refractivity contribution in [1.29, 1.82) is 0 Å². The van der Waals surface area contributed by atoms with E-state index in [2.05, 4.69) is 5.92 Å². The number of rotatable bonds is 4. The number of benzene rings is 2. The standard InChI is InChI=1S/C23H17FN2O2S/c1-3-12-25-22(27)21(29-23(25)28)13-18-15(2)26(20-11-7-5-9-17(18)20)14-16-8-4-6-10-19(16)24/h1,4-11,13H,12,14H2,2H3/b21-13+. The third-order valence-corrected chi connectivity index (χ3v) is 5.87. The molecule has 0 spiro atoms. The van der Waals surface area contributed by atoms with Gasteiger partial charge in [-0.2, -0.15) is 0 Å². The third kappa shape index (κ3) is 3.34. The molecule has 1 aliphatic heterocycles. The first-order valence-electron chi connectivity index (χ1n) is 9.01. The third-order valence-electron chi connectivity index (χ3n) is 4.96. The molecule has 6 heteroatoms. The Balaban J connectivity index is 1.82. The molecule has 4 rings (SSSR count). The molecule has 0 radical (unpaired) electrons. The molecule has 0 N–H and O–H groups in total. The molecule has 1 aromatic heterocycles. The smallest absolute Gasteiger partial charge is 0.294 e. The average Bonchev–Trinajstić information content (AvgIpc) is 3.13. The second kappa shape index (κ2) is 7.61. The van der Waals surface area contributed by atoms with Crippen molar-refractivity contribution in [3.63, 3.8) is 0 Å². The van der Waals surface area contributed by atoms with E-state index in [0.717, 1.165) is 38.8 Å². The van der Waals surface area contributed by atoms with Gasteiger partial charge in [-0.3, -0.25) is 14.5 Å². The molecule has 1 aliphatic rings. The molecular formula is C23H17FN2O2S. The first-order valence-corrected chi connectivity index (χ1v) is 9.83. The van der Waals surface area contributed by atoms with E-state index in [1.165, 1.54) is 6.07 Å². The van der Waals surface area contributed by atoms with Crippen LogP contribution in [0.15, 0.2) is 53.4 Å². The van der Waals surface area contributed by atoms with Crippen molar-refractivity contribution in [2.24, 2.45) is 0 Å². The predicted molar refractivity (Wildman–Crippen MR) is 114 cm³/mol. The van der Waals surface area contributed by atoms with Crippen LogP contribution >= 0.6 is 11.8 Å². The molecule has 3 aromatic rings. The van der Waals surface area contributed by atoms with Crippen LogP contribution in [-0.2, 0) is 11.3 Å². The van der Waals surface area contributed by atoms with Crippen molar-refractivity contribution < 1.29 is 14.0 Å². The molecular weight excluding hydrogens is 387 g/mol. The van der Waals surface area contributed by atoms with E-state index in [1.54, 1.807) is 18.2 Å². The van der Waals surface area contributed by atoms with Gasteiger partial charge in [0, 0.05) is 27.7 Å². The second-order valence-corrected chi connectivity index (χ2v) is 7.66. The molecule has 1 saturated heterocycles. The summed E-state index contributed by atoms with van der Waals surface area (Å²) in [6, 6.07) is 14.4. The van der Waals surface area contributed by atoms with Gasteiger partial charge < -0.3 is 4.57 Å². The minimum atomic E-state index is -0.386. The van der Waals surface area contributed by atoms with Gasteiger partial charge >= 0.3 is 0 Å². The Morgan fingerprint density at radius 3 is 2.62 bits per heavy atom. The molecule has 0 saturated carbocycles. The number of para-hydroxylation sites is 1. The molecule has 144 valence electrons. The van der Waals surface area contributed by atoms with Crippen molar-refractivity contribution in [2.75, 3.05) is 6.54 Å². The van der Waals surface area contributed by atoms with Crippen LogP contribution in [0.5, 0.6) is 0 Å². The fraction of sp³-hybridized carbons (Fsp3) is 0.130. The average molecular weight is 404 g/mol. The normalized spacial score (nSPS) is 15.5. The highest BCUT2D eigenvalue weighted by molar-refractivity contribution is 8.18. The summed E-state index contributed by atoms with van der Waals surface area (Å²) in [5.41, 5.74) is 3.24. The van der Waals surface area contributed by atoms with Crippen LogP contribution in [0.2, 0.25) is 0 Å². The summed E-state index contributed by atoms with van der Waals surface area (Å²) >= 11 is 0.883. The first-order chi connectivity index (χ1) is 14.0. The lowest BCUT2D eigenvalue weighted by Gasteiger charge is -2.09. The SMILES string of the molecule is C#CCN1C(=O)S/C(=C/c2c(C)n(Cc3ccccc3F)c3ccccc23)C1=O. The minimum Gasteiger partial charge on any atom is -0.340 e. The maximum Gasteiger partial charge on any atom is 0.294 e. The summed E-state index contributed by atoms with van der Waals surface area (Å²) in [6.45, 7) is 2.25. The predicted octanol–water partition coefficient (Wildman–Crippen LogP) is 4.81.